The van der Waals surface area contributed by atoms with Crippen molar-refractivity contribution in [1.82, 2.24) is 14.9 Å². The zero-order chi connectivity index (χ0) is 21.7. The summed E-state index contributed by atoms with van der Waals surface area (Å²) in [6.45, 7) is 1.08. The summed E-state index contributed by atoms with van der Waals surface area (Å²) in [7, 11) is 8.34. The van der Waals surface area contributed by atoms with Gasteiger partial charge >= 0.3 is 0 Å². The molecule has 1 amide bonds. The van der Waals surface area contributed by atoms with E-state index in [2.05, 4.69) is 9.97 Å². The minimum absolute atomic E-state index is 0.145. The van der Waals surface area contributed by atoms with Crippen LogP contribution in [0.5, 0.6) is 23.1 Å². The van der Waals surface area contributed by atoms with E-state index in [1.54, 1.807) is 36.5 Å². The van der Waals surface area contributed by atoms with Crippen LogP contribution in [0.2, 0.25) is 0 Å². The molecule has 2 aromatic rings. The van der Waals surface area contributed by atoms with Gasteiger partial charge in [0.05, 0.1) is 33.4 Å². The number of carbonyl (C=O) groups excluding carboxylic acids is 1. The summed E-state index contributed by atoms with van der Waals surface area (Å²) < 4.78 is 22.3. The van der Waals surface area contributed by atoms with Crippen molar-refractivity contribution in [2.75, 3.05) is 53.4 Å². The van der Waals surface area contributed by atoms with Gasteiger partial charge in [-0.1, -0.05) is 0 Å². The maximum absolute atomic E-state index is 13.3. The zero-order valence-corrected chi connectivity index (χ0v) is 18.0. The summed E-state index contributed by atoms with van der Waals surface area (Å²) in [5, 5.41) is 0. The summed E-state index contributed by atoms with van der Waals surface area (Å²) in [4.78, 5) is 25.5. The molecule has 1 atom stereocenters. The van der Waals surface area contributed by atoms with Crippen molar-refractivity contribution in [3.8, 4) is 23.1 Å². The predicted octanol–water partition coefficient (Wildman–Crippen LogP) is 2.25. The number of ether oxygens (including phenoxy) is 4. The molecule has 1 aromatic heterocycles. The molecule has 162 valence electrons. The van der Waals surface area contributed by atoms with Crippen LogP contribution >= 0.6 is 0 Å². The van der Waals surface area contributed by atoms with E-state index in [1.165, 1.54) is 14.2 Å². The predicted molar refractivity (Wildman–Crippen MR) is 112 cm³/mol. The van der Waals surface area contributed by atoms with Crippen molar-refractivity contribution in [3.63, 3.8) is 0 Å². The van der Waals surface area contributed by atoms with Gasteiger partial charge in [0.15, 0.2) is 17.3 Å². The van der Waals surface area contributed by atoms with Crippen LogP contribution in [0.4, 0.5) is 5.82 Å². The molecule has 0 spiro atoms. The minimum Gasteiger partial charge on any atom is -0.493 e. The number of aromatic nitrogens is 2. The van der Waals surface area contributed by atoms with Gasteiger partial charge in [0.1, 0.15) is 6.10 Å². The Balaban J connectivity index is 1.80. The van der Waals surface area contributed by atoms with E-state index in [0.29, 0.717) is 47.6 Å². The highest BCUT2D eigenvalue weighted by atomic mass is 16.5. The lowest BCUT2D eigenvalue weighted by Gasteiger charge is -2.33. The Morgan fingerprint density at radius 2 is 1.80 bits per heavy atom. The average Bonchev–Trinajstić information content (AvgIpc) is 2.77. The molecule has 30 heavy (non-hydrogen) atoms. The standard InChI is InChI=1S/C21H28N4O5/c1-24(2)19-20(23-11-10-22-19)30-14-7-6-12-25(13-14)21(26)15-8-9-16(27-3)18(29-5)17(15)28-4/h8-11,14H,6-7,12-13H2,1-5H3. The topological polar surface area (TPSA) is 86.2 Å². The summed E-state index contributed by atoms with van der Waals surface area (Å²) in [5.74, 6) is 2.23. The van der Waals surface area contributed by atoms with E-state index in [-0.39, 0.29) is 12.0 Å². The molecule has 9 heteroatoms. The molecule has 0 aliphatic carbocycles. The highest BCUT2D eigenvalue weighted by Crippen LogP contribution is 2.40. The van der Waals surface area contributed by atoms with Crippen LogP contribution in [-0.4, -0.2) is 75.4 Å². The molecule has 0 bridgehead atoms. The van der Waals surface area contributed by atoms with Crippen LogP contribution in [0, 0.1) is 0 Å². The number of methoxy groups -OCH3 is 3. The molecule has 0 N–H and O–H groups in total. The Labute approximate surface area is 176 Å². The molecule has 1 aliphatic rings. The first-order valence-electron chi connectivity index (χ1n) is 9.73. The van der Waals surface area contributed by atoms with Gasteiger partial charge in [-0.2, -0.15) is 0 Å². The van der Waals surface area contributed by atoms with E-state index in [0.717, 1.165) is 12.8 Å². The number of hydrogen-bond acceptors (Lipinski definition) is 8. The van der Waals surface area contributed by atoms with Crippen molar-refractivity contribution in [2.45, 2.75) is 18.9 Å². The van der Waals surface area contributed by atoms with Crippen molar-refractivity contribution >= 4 is 11.7 Å². The second kappa shape index (κ2) is 9.51. The molecule has 1 unspecified atom stereocenters. The monoisotopic (exact) mass is 416 g/mol. The van der Waals surface area contributed by atoms with Crippen LogP contribution in [-0.2, 0) is 0 Å². The first-order valence-corrected chi connectivity index (χ1v) is 9.73. The lowest BCUT2D eigenvalue weighted by Crippen LogP contribution is -2.44. The first-order chi connectivity index (χ1) is 14.5. The smallest absolute Gasteiger partial charge is 0.257 e. The Hall–Kier alpha value is -3.23. The molecule has 0 saturated carbocycles. The number of likely N-dealkylation sites (tertiary alicyclic amines) is 1. The largest absolute Gasteiger partial charge is 0.493 e. The SMILES string of the molecule is COc1ccc(C(=O)N2CCCC(Oc3nccnc3N(C)C)C2)c(OC)c1OC. The third kappa shape index (κ3) is 4.34. The fraction of sp³-hybridized carbons (Fsp3) is 0.476. The molecule has 1 aromatic carbocycles. The fourth-order valence-corrected chi connectivity index (χ4v) is 3.52. The Morgan fingerprint density at radius 3 is 2.47 bits per heavy atom. The summed E-state index contributed by atoms with van der Waals surface area (Å²) in [6, 6.07) is 3.40. The number of nitrogens with zero attached hydrogens (tertiary/aromatic N) is 4. The van der Waals surface area contributed by atoms with Gasteiger partial charge in [-0.25, -0.2) is 9.97 Å². The quantitative estimate of drug-likeness (QED) is 0.679. The second-order valence-corrected chi connectivity index (χ2v) is 7.09. The zero-order valence-electron chi connectivity index (χ0n) is 18.0. The minimum atomic E-state index is -0.177. The fourth-order valence-electron chi connectivity index (χ4n) is 3.52. The molecule has 1 aliphatic heterocycles. The van der Waals surface area contributed by atoms with Gasteiger partial charge < -0.3 is 28.7 Å². The highest BCUT2D eigenvalue weighted by molar-refractivity contribution is 5.98. The van der Waals surface area contributed by atoms with Gasteiger partial charge in [0, 0.05) is 33.0 Å². The summed E-state index contributed by atoms with van der Waals surface area (Å²) >= 11 is 0. The van der Waals surface area contributed by atoms with Crippen LogP contribution < -0.4 is 23.8 Å². The maximum Gasteiger partial charge on any atom is 0.257 e. The van der Waals surface area contributed by atoms with Crippen molar-refractivity contribution < 1.29 is 23.7 Å². The lowest BCUT2D eigenvalue weighted by molar-refractivity contribution is 0.0525. The third-order valence-corrected chi connectivity index (χ3v) is 4.95. The van der Waals surface area contributed by atoms with Crippen molar-refractivity contribution in [2.24, 2.45) is 0 Å². The van der Waals surface area contributed by atoms with E-state index in [4.69, 9.17) is 18.9 Å². The molecule has 1 fully saturated rings. The lowest BCUT2D eigenvalue weighted by atomic mass is 10.1. The van der Waals surface area contributed by atoms with Crippen LogP contribution in [0.3, 0.4) is 0 Å². The molecule has 1 saturated heterocycles. The third-order valence-electron chi connectivity index (χ3n) is 4.95. The molecule has 2 heterocycles. The summed E-state index contributed by atoms with van der Waals surface area (Å²) in [5.41, 5.74) is 0.421. The van der Waals surface area contributed by atoms with Gasteiger partial charge in [0.25, 0.3) is 11.8 Å². The first kappa shape index (κ1) is 21.5. The van der Waals surface area contributed by atoms with Gasteiger partial charge in [-0.3, -0.25) is 4.79 Å². The molecule has 3 rings (SSSR count). The van der Waals surface area contributed by atoms with Crippen LogP contribution in [0.25, 0.3) is 0 Å². The van der Waals surface area contributed by atoms with Crippen molar-refractivity contribution in [3.05, 3.63) is 30.1 Å². The number of amides is 1. The van der Waals surface area contributed by atoms with E-state index in [9.17, 15) is 4.79 Å². The van der Waals surface area contributed by atoms with Crippen LogP contribution in [0.15, 0.2) is 24.5 Å². The van der Waals surface area contributed by atoms with E-state index >= 15 is 0 Å². The number of rotatable bonds is 7. The van der Waals surface area contributed by atoms with E-state index in [1.807, 2.05) is 19.0 Å². The Bertz CT molecular complexity index is 890. The Morgan fingerprint density at radius 1 is 1.07 bits per heavy atom. The van der Waals surface area contributed by atoms with E-state index < -0.39 is 0 Å². The normalized spacial score (nSPS) is 16.0. The number of carbonyl (C=O) groups is 1. The number of anilines is 1. The van der Waals surface area contributed by atoms with Gasteiger partial charge in [-0.15, -0.1) is 0 Å². The van der Waals surface area contributed by atoms with Gasteiger partial charge in [-0.05, 0) is 25.0 Å². The summed E-state index contributed by atoms with van der Waals surface area (Å²) in [6.07, 6.45) is 4.70. The molecule has 9 nitrogen and oxygen atoms in total. The van der Waals surface area contributed by atoms with Crippen molar-refractivity contribution in [1.29, 1.82) is 0 Å². The number of piperidine rings is 1. The van der Waals surface area contributed by atoms with Crippen LogP contribution in [0.1, 0.15) is 23.2 Å². The van der Waals surface area contributed by atoms with Gasteiger partial charge in [0.2, 0.25) is 5.75 Å². The maximum atomic E-state index is 13.3. The highest BCUT2D eigenvalue weighted by Gasteiger charge is 2.30. The molecule has 0 radical (unpaired) electrons. The second-order valence-electron chi connectivity index (χ2n) is 7.09. The molecular formula is C21H28N4O5. The number of benzene rings is 1. The molecular weight excluding hydrogens is 388 g/mol. The average molecular weight is 416 g/mol. The Kier molecular flexibility index (Phi) is 6.81. The number of hydrogen-bond donors (Lipinski definition) is 0.